The van der Waals surface area contributed by atoms with Crippen molar-refractivity contribution >= 4 is 40.5 Å². The highest BCUT2D eigenvalue weighted by Gasteiger charge is 2.29. The number of carboxylic acid groups (broad SMARTS) is 1. The van der Waals surface area contributed by atoms with E-state index in [0.29, 0.717) is 30.0 Å². The van der Waals surface area contributed by atoms with E-state index in [1.54, 1.807) is 17.0 Å². The second-order valence-electron chi connectivity index (χ2n) is 9.31. The first kappa shape index (κ1) is 26.4. The summed E-state index contributed by atoms with van der Waals surface area (Å²) in [6.07, 6.45) is 2.38. The van der Waals surface area contributed by atoms with Gasteiger partial charge in [0.05, 0.1) is 23.5 Å². The molecule has 4 aromatic carbocycles. The molecule has 192 valence electrons. The van der Waals surface area contributed by atoms with Crippen LogP contribution >= 0.6 is 12.4 Å². The normalized spacial score (nSPS) is 15.4. The molecule has 0 aliphatic carbocycles. The molecule has 0 spiro atoms. The van der Waals surface area contributed by atoms with Crippen molar-refractivity contribution in [3.05, 3.63) is 102 Å². The van der Waals surface area contributed by atoms with E-state index >= 15 is 0 Å². The molecule has 7 heteroatoms. The van der Waals surface area contributed by atoms with E-state index in [4.69, 9.17) is 4.74 Å². The van der Waals surface area contributed by atoms with Gasteiger partial charge in [-0.3, -0.25) is 0 Å². The molecule has 0 radical (unpaired) electrons. The van der Waals surface area contributed by atoms with Crippen LogP contribution in [0.2, 0.25) is 0 Å². The van der Waals surface area contributed by atoms with Crippen molar-refractivity contribution in [1.29, 1.82) is 0 Å². The zero-order chi connectivity index (χ0) is 25.2. The number of nitrogens with zero attached hydrogens (tertiary/aromatic N) is 1. The fourth-order valence-corrected chi connectivity index (χ4v) is 5.07. The van der Waals surface area contributed by atoms with Crippen molar-refractivity contribution in [2.24, 2.45) is 0 Å². The maximum atomic E-state index is 14.9. The first-order valence-corrected chi connectivity index (χ1v) is 12.2. The van der Waals surface area contributed by atoms with E-state index in [2.05, 4.69) is 43.3 Å². The molecule has 1 N–H and O–H groups in total. The van der Waals surface area contributed by atoms with Gasteiger partial charge >= 0.3 is 5.97 Å². The van der Waals surface area contributed by atoms with Crippen molar-refractivity contribution in [1.82, 2.24) is 0 Å². The number of para-hydroxylation sites is 2. The number of anilines is 2. The standard InChI is InChI=1S/C30H27F2NO3.ClH/c1-19(22-13-7-10-20-9-2-3-12-23(20)22)8-6-11-21-18-33(27-14-4-5-15-29(27)36-21)28-16-24(30(34)35)25(31)17-26(28)32;/h2-5,7,9-10,12-17,19,21H,6,8,11,18H2,1H3,(H,34,35);1H/t19-,21?;/m0./s1. The Morgan fingerprint density at radius 1 is 1.00 bits per heavy atom. The lowest BCUT2D eigenvalue weighted by Crippen LogP contribution is -2.37. The van der Waals surface area contributed by atoms with Gasteiger partial charge < -0.3 is 14.7 Å². The molecule has 1 heterocycles. The number of halogens is 3. The number of carboxylic acids is 1. The molecule has 4 aromatic rings. The van der Waals surface area contributed by atoms with E-state index in [1.165, 1.54) is 16.3 Å². The molecule has 2 atom stereocenters. The van der Waals surface area contributed by atoms with Crippen molar-refractivity contribution in [3.8, 4) is 5.75 Å². The monoisotopic (exact) mass is 523 g/mol. The Hall–Kier alpha value is -3.64. The van der Waals surface area contributed by atoms with Crippen LogP contribution in [0.3, 0.4) is 0 Å². The third kappa shape index (κ3) is 5.39. The SMILES string of the molecule is C[C@@H](CCCC1CN(c2cc(C(=O)O)c(F)cc2F)c2ccccc2O1)c1cccc2ccccc12.Cl. The lowest BCUT2D eigenvalue weighted by Gasteiger charge is -2.36. The van der Waals surface area contributed by atoms with Gasteiger partial charge in [0.2, 0.25) is 0 Å². The van der Waals surface area contributed by atoms with Crippen LogP contribution in [0.15, 0.2) is 78.9 Å². The molecule has 1 aliphatic heterocycles. The van der Waals surface area contributed by atoms with Crippen LogP contribution in [0.25, 0.3) is 10.8 Å². The molecule has 0 aromatic heterocycles. The first-order chi connectivity index (χ1) is 17.4. The average Bonchev–Trinajstić information content (AvgIpc) is 2.87. The van der Waals surface area contributed by atoms with E-state index in [1.807, 2.05) is 18.2 Å². The molecular weight excluding hydrogens is 496 g/mol. The highest BCUT2D eigenvalue weighted by molar-refractivity contribution is 5.90. The van der Waals surface area contributed by atoms with Crippen molar-refractivity contribution in [2.75, 3.05) is 11.4 Å². The van der Waals surface area contributed by atoms with Crippen LogP contribution < -0.4 is 9.64 Å². The van der Waals surface area contributed by atoms with Gasteiger partial charge in [0, 0.05) is 6.07 Å². The Bertz CT molecular complexity index is 1420. The Kier molecular flexibility index (Phi) is 7.98. The molecule has 0 fully saturated rings. The molecule has 4 nitrogen and oxygen atoms in total. The van der Waals surface area contributed by atoms with Gasteiger partial charge in [0.1, 0.15) is 23.5 Å². The van der Waals surface area contributed by atoms with E-state index in [9.17, 15) is 18.7 Å². The molecule has 0 bridgehead atoms. The van der Waals surface area contributed by atoms with Crippen LogP contribution in [0, 0.1) is 11.6 Å². The molecule has 5 rings (SSSR count). The fourth-order valence-electron chi connectivity index (χ4n) is 5.07. The number of carbonyl (C=O) groups is 1. The van der Waals surface area contributed by atoms with E-state index < -0.39 is 23.2 Å². The molecule has 0 saturated carbocycles. The van der Waals surface area contributed by atoms with Gasteiger partial charge in [-0.15, -0.1) is 12.4 Å². The molecule has 0 saturated heterocycles. The van der Waals surface area contributed by atoms with Gasteiger partial charge in [-0.1, -0.05) is 61.5 Å². The zero-order valence-corrected chi connectivity index (χ0v) is 21.2. The largest absolute Gasteiger partial charge is 0.486 e. The number of fused-ring (bicyclic) bond motifs is 2. The number of benzene rings is 4. The first-order valence-electron chi connectivity index (χ1n) is 12.2. The lowest BCUT2D eigenvalue weighted by molar-refractivity contribution is 0.0692. The van der Waals surface area contributed by atoms with Gasteiger partial charge in [-0.05, 0) is 59.7 Å². The summed E-state index contributed by atoms with van der Waals surface area (Å²) in [6.45, 7) is 2.56. The van der Waals surface area contributed by atoms with Gasteiger partial charge in [0.15, 0.2) is 0 Å². The molecule has 0 amide bonds. The Balaban J connectivity index is 0.00000320. The summed E-state index contributed by atoms with van der Waals surface area (Å²) in [6, 6.07) is 23.7. The van der Waals surface area contributed by atoms with Crippen molar-refractivity contribution < 1.29 is 23.4 Å². The summed E-state index contributed by atoms with van der Waals surface area (Å²) in [5.74, 6) is -2.39. The minimum atomic E-state index is -1.44. The summed E-state index contributed by atoms with van der Waals surface area (Å²) >= 11 is 0. The van der Waals surface area contributed by atoms with Crippen LogP contribution in [0.4, 0.5) is 20.2 Å². The Morgan fingerprint density at radius 3 is 2.54 bits per heavy atom. The summed E-state index contributed by atoms with van der Waals surface area (Å²) < 4.78 is 35.1. The second kappa shape index (κ2) is 11.2. The number of rotatable bonds is 7. The van der Waals surface area contributed by atoms with Crippen molar-refractivity contribution in [2.45, 2.75) is 38.2 Å². The number of aromatic carboxylic acids is 1. The summed E-state index contributed by atoms with van der Waals surface area (Å²) in [7, 11) is 0. The molecule has 1 aliphatic rings. The van der Waals surface area contributed by atoms with Gasteiger partial charge in [0.25, 0.3) is 0 Å². The van der Waals surface area contributed by atoms with Crippen LogP contribution in [-0.4, -0.2) is 23.7 Å². The topological polar surface area (TPSA) is 49.8 Å². The zero-order valence-electron chi connectivity index (χ0n) is 20.4. The highest BCUT2D eigenvalue weighted by atomic mass is 35.5. The van der Waals surface area contributed by atoms with Crippen LogP contribution in [0.5, 0.6) is 5.75 Å². The summed E-state index contributed by atoms with van der Waals surface area (Å²) in [5.41, 5.74) is 1.41. The number of hydrogen-bond donors (Lipinski definition) is 1. The molecule has 37 heavy (non-hydrogen) atoms. The number of hydrogen-bond acceptors (Lipinski definition) is 3. The van der Waals surface area contributed by atoms with E-state index in [0.717, 1.165) is 25.3 Å². The summed E-state index contributed by atoms with van der Waals surface area (Å²) in [4.78, 5) is 13.2. The highest BCUT2D eigenvalue weighted by Crippen LogP contribution is 2.40. The lowest BCUT2D eigenvalue weighted by atomic mass is 9.90. The van der Waals surface area contributed by atoms with Crippen LogP contribution in [0.1, 0.15) is 48.0 Å². The summed E-state index contributed by atoms with van der Waals surface area (Å²) in [5, 5.41) is 11.8. The Labute approximate surface area is 220 Å². The van der Waals surface area contributed by atoms with E-state index in [-0.39, 0.29) is 24.2 Å². The molecular formula is C30H28ClF2NO3. The average molecular weight is 524 g/mol. The van der Waals surface area contributed by atoms with Gasteiger partial charge in [-0.2, -0.15) is 0 Å². The van der Waals surface area contributed by atoms with Gasteiger partial charge in [-0.25, -0.2) is 13.6 Å². The third-order valence-electron chi connectivity index (χ3n) is 6.91. The minimum absolute atomic E-state index is 0. The smallest absolute Gasteiger partial charge is 0.338 e. The maximum Gasteiger partial charge on any atom is 0.338 e. The minimum Gasteiger partial charge on any atom is -0.486 e. The second-order valence-corrected chi connectivity index (χ2v) is 9.31. The quantitative estimate of drug-likeness (QED) is 0.266. The molecule has 1 unspecified atom stereocenters. The Morgan fingerprint density at radius 2 is 1.73 bits per heavy atom. The third-order valence-corrected chi connectivity index (χ3v) is 6.91. The number of ether oxygens (including phenoxy) is 1. The predicted octanol–water partition coefficient (Wildman–Crippen LogP) is 8.11. The predicted molar refractivity (Wildman–Crippen MR) is 145 cm³/mol. The maximum absolute atomic E-state index is 14.9. The van der Waals surface area contributed by atoms with Crippen LogP contribution in [-0.2, 0) is 0 Å². The fraction of sp³-hybridized carbons (Fsp3) is 0.233. The van der Waals surface area contributed by atoms with Crippen molar-refractivity contribution in [3.63, 3.8) is 0 Å².